The highest BCUT2D eigenvalue weighted by Crippen LogP contribution is 2.33. The molecule has 1 heterocycles. The van der Waals surface area contributed by atoms with E-state index in [1.807, 2.05) is 0 Å². The standard InChI is InChI=1S/C12H14P/c1-2-3-4-6-10-9-13-12-8-5-7-11(10)12/h5,7-8H,2-4,6H2,1H3. The van der Waals surface area contributed by atoms with Crippen molar-refractivity contribution in [2.45, 2.75) is 32.6 Å². The number of rotatable bonds is 4. The first kappa shape index (κ1) is 8.97. The summed E-state index contributed by atoms with van der Waals surface area (Å²) in [6, 6.07) is 0. The molecule has 13 heavy (non-hydrogen) atoms. The number of unbranched alkanes of at least 4 members (excludes halogenated alkanes) is 2. The van der Waals surface area contributed by atoms with Crippen molar-refractivity contribution in [2.75, 3.05) is 0 Å². The summed E-state index contributed by atoms with van der Waals surface area (Å²) in [6.07, 6.45) is 11.8. The third kappa shape index (κ3) is 1.84. The molecule has 1 heteroatoms. The molecule has 1 aliphatic heterocycles. The van der Waals surface area contributed by atoms with E-state index in [4.69, 9.17) is 0 Å². The normalized spacial score (nSPS) is 19.6. The highest BCUT2D eigenvalue weighted by Gasteiger charge is 2.16. The lowest BCUT2D eigenvalue weighted by molar-refractivity contribution is 0.718. The zero-order valence-corrected chi connectivity index (χ0v) is 8.90. The second-order valence-corrected chi connectivity index (χ2v) is 4.41. The Hall–Kier alpha value is -0.610. The minimum absolute atomic E-state index is 1.22. The molecule has 0 aromatic heterocycles. The fraction of sp³-hybridized carbons (Fsp3) is 0.417. The molecule has 67 valence electrons. The molecule has 0 N–H and O–H groups in total. The molecule has 0 fully saturated rings. The summed E-state index contributed by atoms with van der Waals surface area (Å²) in [4.78, 5) is 0. The van der Waals surface area contributed by atoms with E-state index in [9.17, 15) is 0 Å². The van der Waals surface area contributed by atoms with Crippen molar-refractivity contribution in [3.05, 3.63) is 35.2 Å². The number of hydrogen-bond acceptors (Lipinski definition) is 0. The van der Waals surface area contributed by atoms with Crippen molar-refractivity contribution in [3.8, 4) is 0 Å². The van der Waals surface area contributed by atoms with E-state index in [1.54, 1.807) is 0 Å². The molecule has 0 amide bonds. The summed E-state index contributed by atoms with van der Waals surface area (Å²) in [7, 11) is 1.28. The molecule has 0 bridgehead atoms. The highest BCUT2D eigenvalue weighted by molar-refractivity contribution is 7.44. The molecular formula is C12H14P. The zero-order valence-electron chi connectivity index (χ0n) is 8.01. The van der Waals surface area contributed by atoms with Crippen LogP contribution in [0.15, 0.2) is 29.4 Å². The van der Waals surface area contributed by atoms with E-state index in [0.29, 0.717) is 0 Å². The van der Waals surface area contributed by atoms with Gasteiger partial charge in [-0.3, -0.25) is 0 Å². The van der Waals surface area contributed by atoms with Crippen molar-refractivity contribution in [1.29, 1.82) is 0 Å². The molecular weight excluding hydrogens is 175 g/mol. The molecule has 2 aliphatic rings. The van der Waals surface area contributed by atoms with Gasteiger partial charge in [-0.05, 0) is 30.1 Å². The van der Waals surface area contributed by atoms with Crippen LogP contribution in [0.2, 0.25) is 0 Å². The summed E-state index contributed by atoms with van der Waals surface area (Å²) in [6.45, 7) is 2.25. The Morgan fingerprint density at radius 2 is 2.31 bits per heavy atom. The first-order chi connectivity index (χ1) is 6.42. The number of allylic oxidation sites excluding steroid dienone is 5. The molecule has 0 nitrogen and oxygen atoms in total. The molecule has 1 radical (unpaired) electrons. The first-order valence-electron chi connectivity index (χ1n) is 5.00. The lowest BCUT2D eigenvalue weighted by atomic mass is 10.0. The summed E-state index contributed by atoms with van der Waals surface area (Å²) in [5.41, 5.74) is 2.91. The SMILES string of the molecule is CCCCCC1=[C]P=C2C=CC=C12. The predicted molar refractivity (Wildman–Crippen MR) is 60.0 cm³/mol. The average Bonchev–Trinajstić information content (AvgIpc) is 2.68. The van der Waals surface area contributed by atoms with Crippen LogP contribution in [0.1, 0.15) is 32.6 Å². The van der Waals surface area contributed by atoms with Crippen LogP contribution in [0.4, 0.5) is 0 Å². The lowest BCUT2D eigenvalue weighted by Crippen LogP contribution is -1.92. The summed E-state index contributed by atoms with van der Waals surface area (Å²) in [5, 5.41) is 1.45. The van der Waals surface area contributed by atoms with Crippen LogP contribution in [0.5, 0.6) is 0 Å². The topological polar surface area (TPSA) is 0 Å². The van der Waals surface area contributed by atoms with E-state index < -0.39 is 0 Å². The molecule has 0 atom stereocenters. The quantitative estimate of drug-likeness (QED) is 0.465. The summed E-state index contributed by atoms with van der Waals surface area (Å²) >= 11 is 0. The van der Waals surface area contributed by atoms with Crippen LogP contribution in [0.3, 0.4) is 0 Å². The van der Waals surface area contributed by atoms with Crippen LogP contribution in [0.25, 0.3) is 0 Å². The smallest absolute Gasteiger partial charge is 0.0184 e. The Labute approximate surface area is 81.8 Å². The Morgan fingerprint density at radius 3 is 3.15 bits per heavy atom. The van der Waals surface area contributed by atoms with Gasteiger partial charge in [-0.1, -0.05) is 40.1 Å². The maximum absolute atomic E-state index is 3.45. The van der Waals surface area contributed by atoms with Gasteiger partial charge in [0, 0.05) is 11.1 Å². The largest absolute Gasteiger partial charge is 0.0654 e. The third-order valence-electron chi connectivity index (χ3n) is 2.46. The number of hydrogen-bond donors (Lipinski definition) is 0. The fourth-order valence-electron chi connectivity index (χ4n) is 1.69. The zero-order chi connectivity index (χ0) is 9.10. The van der Waals surface area contributed by atoms with Crippen LogP contribution >= 0.6 is 8.20 Å². The number of fused-ring (bicyclic) bond motifs is 1. The molecule has 0 unspecified atom stereocenters. The Balaban J connectivity index is 1.91. The van der Waals surface area contributed by atoms with Gasteiger partial charge in [0.1, 0.15) is 0 Å². The highest BCUT2D eigenvalue weighted by atomic mass is 31.1. The van der Waals surface area contributed by atoms with Crippen LogP contribution in [-0.2, 0) is 0 Å². The van der Waals surface area contributed by atoms with Gasteiger partial charge < -0.3 is 0 Å². The molecule has 0 saturated heterocycles. The van der Waals surface area contributed by atoms with Gasteiger partial charge in [0.2, 0.25) is 0 Å². The van der Waals surface area contributed by atoms with Crippen molar-refractivity contribution in [3.63, 3.8) is 0 Å². The predicted octanol–water partition coefficient (Wildman–Crippen LogP) is 3.88. The third-order valence-corrected chi connectivity index (χ3v) is 3.47. The van der Waals surface area contributed by atoms with Crippen molar-refractivity contribution >= 4 is 13.5 Å². The molecule has 0 aromatic carbocycles. The molecule has 0 spiro atoms. The monoisotopic (exact) mass is 189 g/mol. The maximum atomic E-state index is 3.45. The summed E-state index contributed by atoms with van der Waals surface area (Å²) < 4.78 is 0. The van der Waals surface area contributed by atoms with Crippen molar-refractivity contribution in [1.82, 2.24) is 0 Å². The maximum Gasteiger partial charge on any atom is 0.0184 e. The second kappa shape index (κ2) is 4.07. The minimum atomic E-state index is 1.22. The average molecular weight is 189 g/mol. The van der Waals surface area contributed by atoms with E-state index in [1.165, 1.54) is 50.3 Å². The molecule has 0 aromatic rings. The summed E-state index contributed by atoms with van der Waals surface area (Å²) in [5.74, 6) is 3.45. The van der Waals surface area contributed by atoms with Gasteiger partial charge in [0.15, 0.2) is 0 Å². The van der Waals surface area contributed by atoms with Crippen molar-refractivity contribution < 1.29 is 0 Å². The minimum Gasteiger partial charge on any atom is -0.0654 e. The molecule has 1 aliphatic carbocycles. The molecule has 2 rings (SSSR count). The van der Waals surface area contributed by atoms with Crippen LogP contribution in [-0.4, -0.2) is 5.29 Å². The Morgan fingerprint density at radius 1 is 1.38 bits per heavy atom. The second-order valence-electron chi connectivity index (χ2n) is 3.48. The van der Waals surface area contributed by atoms with Gasteiger partial charge in [-0.25, -0.2) is 0 Å². The molecule has 0 saturated carbocycles. The van der Waals surface area contributed by atoms with Gasteiger partial charge in [0.25, 0.3) is 0 Å². The van der Waals surface area contributed by atoms with Gasteiger partial charge in [-0.2, -0.15) is 0 Å². The fourth-order valence-corrected chi connectivity index (χ4v) is 2.67. The van der Waals surface area contributed by atoms with Gasteiger partial charge in [-0.15, -0.1) is 0 Å². The van der Waals surface area contributed by atoms with Gasteiger partial charge >= 0.3 is 0 Å². The van der Waals surface area contributed by atoms with E-state index in [2.05, 4.69) is 31.0 Å². The van der Waals surface area contributed by atoms with E-state index in [-0.39, 0.29) is 0 Å². The van der Waals surface area contributed by atoms with E-state index >= 15 is 0 Å². The van der Waals surface area contributed by atoms with Crippen LogP contribution < -0.4 is 0 Å². The Bertz CT molecular complexity index is 316. The lowest BCUT2D eigenvalue weighted by Gasteiger charge is -2.03. The van der Waals surface area contributed by atoms with Crippen molar-refractivity contribution in [2.24, 2.45) is 0 Å². The first-order valence-corrected chi connectivity index (χ1v) is 5.90. The van der Waals surface area contributed by atoms with Crippen LogP contribution in [0, 0.1) is 5.82 Å². The Kier molecular flexibility index (Phi) is 2.80. The van der Waals surface area contributed by atoms with Gasteiger partial charge in [0.05, 0.1) is 0 Å². The van der Waals surface area contributed by atoms with E-state index in [0.717, 1.165) is 0 Å².